The summed E-state index contributed by atoms with van der Waals surface area (Å²) < 4.78 is 24.9. The van der Waals surface area contributed by atoms with Crippen molar-refractivity contribution in [3.63, 3.8) is 0 Å². The van der Waals surface area contributed by atoms with E-state index in [-0.39, 0.29) is 11.7 Å². The number of hydrogen-bond donors (Lipinski definition) is 1. The van der Waals surface area contributed by atoms with Crippen LogP contribution < -0.4 is 10.2 Å². The van der Waals surface area contributed by atoms with Crippen LogP contribution in [-0.2, 0) is 10.0 Å². The minimum atomic E-state index is -3.11. The summed E-state index contributed by atoms with van der Waals surface area (Å²) in [4.78, 5) is 18.9. The Morgan fingerprint density at radius 2 is 2.00 bits per heavy atom. The van der Waals surface area contributed by atoms with Gasteiger partial charge in [-0.25, -0.2) is 17.7 Å². The van der Waals surface area contributed by atoms with Crippen LogP contribution in [0, 0.1) is 0 Å². The molecule has 0 bridgehead atoms. The molecule has 2 fully saturated rings. The Bertz CT molecular complexity index is 671. The zero-order valence-electron chi connectivity index (χ0n) is 13.1. The van der Waals surface area contributed by atoms with Crippen molar-refractivity contribution < 1.29 is 13.2 Å². The lowest BCUT2D eigenvalue weighted by Crippen LogP contribution is -2.36. The van der Waals surface area contributed by atoms with Gasteiger partial charge >= 0.3 is 0 Å². The molecular weight excluding hydrogens is 316 g/mol. The average molecular weight is 338 g/mol. The number of rotatable bonds is 5. The molecule has 0 radical (unpaired) electrons. The van der Waals surface area contributed by atoms with Crippen molar-refractivity contribution in [2.75, 3.05) is 43.4 Å². The average Bonchev–Trinajstić information content (AvgIpc) is 3.17. The molecule has 7 nitrogen and oxygen atoms in total. The molecule has 1 aromatic heterocycles. The zero-order chi connectivity index (χ0) is 16.3. The van der Waals surface area contributed by atoms with E-state index in [1.807, 2.05) is 0 Å². The highest BCUT2D eigenvalue weighted by Crippen LogP contribution is 2.21. The van der Waals surface area contributed by atoms with Crippen LogP contribution in [0.15, 0.2) is 18.3 Å². The number of carbonyl (C=O) groups is 1. The van der Waals surface area contributed by atoms with Crippen LogP contribution in [0.3, 0.4) is 0 Å². The van der Waals surface area contributed by atoms with E-state index in [1.165, 1.54) is 4.31 Å². The predicted octanol–water partition coefficient (Wildman–Crippen LogP) is 0.447. The van der Waals surface area contributed by atoms with E-state index < -0.39 is 10.0 Å². The maximum atomic E-state index is 12.4. The molecule has 0 aromatic carbocycles. The van der Waals surface area contributed by atoms with Gasteiger partial charge in [0, 0.05) is 38.9 Å². The number of anilines is 1. The van der Waals surface area contributed by atoms with Gasteiger partial charge in [-0.2, -0.15) is 0 Å². The number of aromatic nitrogens is 1. The van der Waals surface area contributed by atoms with Crippen LogP contribution in [0.2, 0.25) is 0 Å². The van der Waals surface area contributed by atoms with Crippen molar-refractivity contribution in [3.05, 3.63) is 23.9 Å². The molecule has 126 valence electrons. The Labute approximate surface area is 136 Å². The van der Waals surface area contributed by atoms with Crippen molar-refractivity contribution in [3.8, 4) is 0 Å². The molecule has 2 saturated heterocycles. The summed E-state index contributed by atoms with van der Waals surface area (Å²) in [6.07, 6.45) is 4.59. The first-order chi connectivity index (χ1) is 11.1. The molecule has 3 heterocycles. The van der Waals surface area contributed by atoms with Gasteiger partial charge in [0.1, 0.15) is 5.82 Å². The molecule has 1 amide bonds. The maximum Gasteiger partial charge on any atom is 0.255 e. The highest BCUT2D eigenvalue weighted by molar-refractivity contribution is 7.89. The molecule has 0 spiro atoms. The van der Waals surface area contributed by atoms with Crippen molar-refractivity contribution in [2.45, 2.75) is 19.3 Å². The Hall–Kier alpha value is -1.67. The molecule has 0 saturated carbocycles. The lowest BCUT2D eigenvalue weighted by atomic mass is 10.2. The van der Waals surface area contributed by atoms with E-state index in [9.17, 15) is 13.2 Å². The second-order valence-corrected chi connectivity index (χ2v) is 7.98. The van der Waals surface area contributed by atoms with Gasteiger partial charge < -0.3 is 10.2 Å². The van der Waals surface area contributed by atoms with Crippen LogP contribution in [0.1, 0.15) is 29.6 Å². The summed E-state index contributed by atoms with van der Waals surface area (Å²) in [5.41, 5.74) is 0.554. The van der Waals surface area contributed by atoms with Crippen molar-refractivity contribution in [1.82, 2.24) is 14.6 Å². The van der Waals surface area contributed by atoms with E-state index in [1.54, 1.807) is 18.3 Å². The number of hydrogen-bond acceptors (Lipinski definition) is 5. The van der Waals surface area contributed by atoms with Gasteiger partial charge in [0.25, 0.3) is 5.91 Å². The molecule has 8 heteroatoms. The fraction of sp³-hybridized carbons (Fsp3) is 0.600. The fourth-order valence-electron chi connectivity index (χ4n) is 3.09. The molecule has 0 aliphatic carbocycles. The van der Waals surface area contributed by atoms with Crippen LogP contribution in [-0.4, -0.2) is 62.1 Å². The molecule has 0 unspecified atom stereocenters. The number of nitrogens with zero attached hydrogens (tertiary/aromatic N) is 3. The minimum Gasteiger partial charge on any atom is -0.356 e. The summed E-state index contributed by atoms with van der Waals surface area (Å²) in [5.74, 6) is 0.732. The van der Waals surface area contributed by atoms with Crippen molar-refractivity contribution in [1.29, 1.82) is 0 Å². The van der Waals surface area contributed by atoms with E-state index in [4.69, 9.17) is 0 Å². The minimum absolute atomic E-state index is 0.198. The first-order valence-electron chi connectivity index (χ1n) is 8.04. The predicted molar refractivity (Wildman–Crippen MR) is 88.0 cm³/mol. The molecule has 2 aliphatic heterocycles. The lowest BCUT2D eigenvalue weighted by Gasteiger charge is -2.20. The van der Waals surface area contributed by atoms with Gasteiger partial charge in [0.2, 0.25) is 10.0 Å². The van der Waals surface area contributed by atoms with Gasteiger partial charge in [-0.05, 0) is 31.4 Å². The lowest BCUT2D eigenvalue weighted by molar-refractivity contribution is 0.0952. The first kappa shape index (κ1) is 16.2. The fourth-order valence-corrected chi connectivity index (χ4v) is 4.62. The van der Waals surface area contributed by atoms with Gasteiger partial charge in [-0.1, -0.05) is 0 Å². The highest BCUT2D eigenvalue weighted by Gasteiger charge is 2.27. The van der Waals surface area contributed by atoms with Crippen LogP contribution >= 0.6 is 0 Å². The number of nitrogens with one attached hydrogen (secondary N) is 1. The Kier molecular flexibility index (Phi) is 4.82. The van der Waals surface area contributed by atoms with Crippen LogP contribution in [0.5, 0.6) is 0 Å². The third-order valence-electron chi connectivity index (χ3n) is 4.29. The quantitative estimate of drug-likeness (QED) is 0.843. The zero-order valence-corrected chi connectivity index (χ0v) is 13.9. The van der Waals surface area contributed by atoms with E-state index in [0.29, 0.717) is 31.6 Å². The van der Waals surface area contributed by atoms with E-state index in [2.05, 4.69) is 15.2 Å². The standard InChI is InChI=1S/C15H22N4O3S/c20-15(17-7-11-19-10-4-12-23(19,21)22)13-5-3-6-16-14(13)18-8-1-2-9-18/h3,5-6H,1-2,4,7-12H2,(H,17,20). The number of amides is 1. The normalized spacial score (nSPS) is 20.8. The van der Waals surface area contributed by atoms with E-state index in [0.717, 1.165) is 31.7 Å². The Morgan fingerprint density at radius 3 is 2.70 bits per heavy atom. The third-order valence-corrected chi connectivity index (χ3v) is 6.24. The van der Waals surface area contributed by atoms with Gasteiger partial charge in [0.05, 0.1) is 11.3 Å². The molecule has 1 N–H and O–H groups in total. The van der Waals surface area contributed by atoms with Gasteiger partial charge in [-0.3, -0.25) is 4.79 Å². The Balaban J connectivity index is 1.60. The van der Waals surface area contributed by atoms with Crippen molar-refractivity contribution >= 4 is 21.7 Å². The smallest absolute Gasteiger partial charge is 0.255 e. The topological polar surface area (TPSA) is 82.6 Å². The van der Waals surface area contributed by atoms with Crippen LogP contribution in [0.4, 0.5) is 5.82 Å². The number of carbonyl (C=O) groups excluding carboxylic acids is 1. The molecular formula is C15H22N4O3S. The summed E-state index contributed by atoms with van der Waals surface area (Å²) in [6, 6.07) is 3.52. The van der Waals surface area contributed by atoms with E-state index >= 15 is 0 Å². The number of pyridine rings is 1. The highest BCUT2D eigenvalue weighted by atomic mass is 32.2. The van der Waals surface area contributed by atoms with Crippen LogP contribution in [0.25, 0.3) is 0 Å². The summed E-state index contributed by atoms with van der Waals surface area (Å²) in [5, 5.41) is 2.82. The van der Waals surface area contributed by atoms with Gasteiger partial charge in [-0.15, -0.1) is 0 Å². The SMILES string of the molecule is O=C(NCCN1CCCS1(=O)=O)c1cccnc1N1CCCC1. The second kappa shape index (κ2) is 6.84. The first-order valence-corrected chi connectivity index (χ1v) is 9.65. The summed E-state index contributed by atoms with van der Waals surface area (Å²) >= 11 is 0. The second-order valence-electron chi connectivity index (χ2n) is 5.89. The largest absolute Gasteiger partial charge is 0.356 e. The summed E-state index contributed by atoms with van der Waals surface area (Å²) in [7, 11) is -3.11. The summed E-state index contributed by atoms with van der Waals surface area (Å²) in [6.45, 7) is 3.02. The monoisotopic (exact) mass is 338 g/mol. The van der Waals surface area contributed by atoms with Crippen molar-refractivity contribution in [2.24, 2.45) is 0 Å². The molecule has 0 atom stereocenters. The molecule has 2 aliphatic rings. The number of sulfonamides is 1. The molecule has 23 heavy (non-hydrogen) atoms. The molecule has 3 rings (SSSR count). The maximum absolute atomic E-state index is 12.4. The Morgan fingerprint density at radius 1 is 1.22 bits per heavy atom. The van der Waals surface area contributed by atoms with Gasteiger partial charge in [0.15, 0.2) is 0 Å². The third kappa shape index (κ3) is 3.64. The molecule has 1 aromatic rings.